The SMILES string of the molecule is CCCC1CCCCN1CCCCCCNC. The first-order chi connectivity index (χ1) is 8.38. The highest BCUT2D eigenvalue weighted by Crippen LogP contribution is 2.21. The predicted octanol–water partition coefficient (Wildman–Crippen LogP) is 3.42. The summed E-state index contributed by atoms with van der Waals surface area (Å²) in [6.07, 6.45) is 12.7. The molecule has 0 amide bonds. The van der Waals surface area contributed by atoms with Gasteiger partial charge in [0.25, 0.3) is 0 Å². The van der Waals surface area contributed by atoms with Crippen LogP contribution in [0.15, 0.2) is 0 Å². The molecule has 102 valence electrons. The highest BCUT2D eigenvalue weighted by Gasteiger charge is 2.20. The summed E-state index contributed by atoms with van der Waals surface area (Å²) in [5.41, 5.74) is 0. The van der Waals surface area contributed by atoms with Gasteiger partial charge in [0.15, 0.2) is 0 Å². The van der Waals surface area contributed by atoms with Crippen molar-refractivity contribution in [1.29, 1.82) is 0 Å². The zero-order valence-corrected chi connectivity index (χ0v) is 12.0. The summed E-state index contributed by atoms with van der Waals surface area (Å²) in [5.74, 6) is 0. The fourth-order valence-corrected chi connectivity index (χ4v) is 2.98. The van der Waals surface area contributed by atoms with Crippen LogP contribution in [0, 0.1) is 0 Å². The largest absolute Gasteiger partial charge is 0.320 e. The fraction of sp³-hybridized carbons (Fsp3) is 1.00. The summed E-state index contributed by atoms with van der Waals surface area (Å²) in [5, 5.41) is 3.22. The van der Waals surface area contributed by atoms with E-state index in [1.165, 1.54) is 77.4 Å². The number of likely N-dealkylation sites (tertiary alicyclic amines) is 1. The smallest absolute Gasteiger partial charge is 0.00951 e. The monoisotopic (exact) mass is 240 g/mol. The summed E-state index contributed by atoms with van der Waals surface area (Å²) in [7, 11) is 2.04. The molecule has 1 aliphatic heterocycles. The van der Waals surface area contributed by atoms with Gasteiger partial charge in [-0.05, 0) is 58.8 Å². The molecule has 0 saturated carbocycles. The van der Waals surface area contributed by atoms with Gasteiger partial charge in [0.2, 0.25) is 0 Å². The summed E-state index contributed by atoms with van der Waals surface area (Å²) in [4.78, 5) is 2.77. The highest BCUT2D eigenvalue weighted by atomic mass is 15.2. The Morgan fingerprint density at radius 3 is 2.71 bits per heavy atom. The van der Waals surface area contributed by atoms with E-state index in [1.54, 1.807) is 0 Å². The lowest BCUT2D eigenvalue weighted by molar-refractivity contribution is 0.137. The Hall–Kier alpha value is -0.0800. The van der Waals surface area contributed by atoms with E-state index in [-0.39, 0.29) is 0 Å². The van der Waals surface area contributed by atoms with Gasteiger partial charge in [-0.15, -0.1) is 0 Å². The molecule has 1 fully saturated rings. The van der Waals surface area contributed by atoms with Gasteiger partial charge in [-0.3, -0.25) is 0 Å². The van der Waals surface area contributed by atoms with Crippen LogP contribution in [0.4, 0.5) is 0 Å². The molecule has 0 aromatic heterocycles. The van der Waals surface area contributed by atoms with E-state index in [0.29, 0.717) is 0 Å². The number of nitrogens with zero attached hydrogens (tertiary/aromatic N) is 1. The second kappa shape index (κ2) is 9.90. The maximum Gasteiger partial charge on any atom is 0.00951 e. The molecule has 0 aromatic rings. The Kier molecular flexibility index (Phi) is 8.72. The lowest BCUT2D eigenvalue weighted by atomic mass is 9.98. The normalized spacial score (nSPS) is 21.9. The van der Waals surface area contributed by atoms with Crippen molar-refractivity contribution in [1.82, 2.24) is 10.2 Å². The molecule has 17 heavy (non-hydrogen) atoms. The molecule has 1 saturated heterocycles. The van der Waals surface area contributed by atoms with Crippen molar-refractivity contribution >= 4 is 0 Å². The average molecular weight is 240 g/mol. The summed E-state index contributed by atoms with van der Waals surface area (Å²) < 4.78 is 0. The van der Waals surface area contributed by atoms with E-state index < -0.39 is 0 Å². The van der Waals surface area contributed by atoms with Crippen LogP contribution in [0.5, 0.6) is 0 Å². The molecule has 1 N–H and O–H groups in total. The van der Waals surface area contributed by atoms with Crippen molar-refractivity contribution in [2.75, 3.05) is 26.7 Å². The van der Waals surface area contributed by atoms with Gasteiger partial charge in [-0.2, -0.15) is 0 Å². The minimum Gasteiger partial charge on any atom is -0.320 e. The van der Waals surface area contributed by atoms with Crippen LogP contribution in [-0.2, 0) is 0 Å². The standard InChI is InChI=1S/C15H32N2/c1-3-10-15-11-6-9-14-17(15)13-8-5-4-7-12-16-2/h15-16H,3-14H2,1-2H3. The molecule has 0 spiro atoms. The Labute approximate surface area is 108 Å². The van der Waals surface area contributed by atoms with Gasteiger partial charge < -0.3 is 10.2 Å². The van der Waals surface area contributed by atoms with Crippen molar-refractivity contribution < 1.29 is 0 Å². The van der Waals surface area contributed by atoms with Crippen LogP contribution in [-0.4, -0.2) is 37.6 Å². The quantitative estimate of drug-likeness (QED) is 0.621. The van der Waals surface area contributed by atoms with Crippen LogP contribution in [0.3, 0.4) is 0 Å². The molecule has 0 aromatic carbocycles. The fourth-order valence-electron chi connectivity index (χ4n) is 2.98. The Bertz CT molecular complexity index is 168. The molecule has 1 unspecified atom stereocenters. The van der Waals surface area contributed by atoms with E-state index in [1.807, 2.05) is 7.05 Å². The average Bonchev–Trinajstić information content (AvgIpc) is 2.36. The van der Waals surface area contributed by atoms with Crippen molar-refractivity contribution in [3.05, 3.63) is 0 Å². The lowest BCUT2D eigenvalue weighted by Gasteiger charge is -2.35. The maximum absolute atomic E-state index is 3.22. The number of unbranched alkanes of at least 4 members (excludes halogenated alkanes) is 3. The molecule has 2 nitrogen and oxygen atoms in total. The molecule has 0 bridgehead atoms. The van der Waals surface area contributed by atoms with Crippen molar-refractivity contribution in [3.63, 3.8) is 0 Å². The number of piperidine rings is 1. The molecule has 1 aliphatic rings. The third kappa shape index (κ3) is 6.42. The molecular weight excluding hydrogens is 208 g/mol. The lowest BCUT2D eigenvalue weighted by Crippen LogP contribution is -2.39. The van der Waals surface area contributed by atoms with Crippen molar-refractivity contribution in [2.45, 2.75) is 70.8 Å². The summed E-state index contributed by atoms with van der Waals surface area (Å²) >= 11 is 0. The van der Waals surface area contributed by atoms with Crippen LogP contribution in [0.1, 0.15) is 64.7 Å². The van der Waals surface area contributed by atoms with E-state index in [4.69, 9.17) is 0 Å². The Morgan fingerprint density at radius 1 is 1.12 bits per heavy atom. The first-order valence-electron chi connectivity index (χ1n) is 7.77. The second-order valence-corrected chi connectivity index (χ2v) is 5.49. The van der Waals surface area contributed by atoms with Gasteiger partial charge in [-0.25, -0.2) is 0 Å². The van der Waals surface area contributed by atoms with E-state index in [0.717, 1.165) is 6.04 Å². The van der Waals surface area contributed by atoms with Gasteiger partial charge in [0.1, 0.15) is 0 Å². The Balaban J connectivity index is 2.06. The van der Waals surface area contributed by atoms with Crippen molar-refractivity contribution in [2.24, 2.45) is 0 Å². The third-order valence-corrected chi connectivity index (χ3v) is 3.99. The van der Waals surface area contributed by atoms with E-state index >= 15 is 0 Å². The molecule has 1 rings (SSSR count). The number of rotatable bonds is 9. The van der Waals surface area contributed by atoms with Crippen LogP contribution < -0.4 is 5.32 Å². The van der Waals surface area contributed by atoms with Gasteiger partial charge in [0.05, 0.1) is 0 Å². The zero-order chi connectivity index (χ0) is 12.3. The topological polar surface area (TPSA) is 15.3 Å². The third-order valence-electron chi connectivity index (χ3n) is 3.99. The van der Waals surface area contributed by atoms with Gasteiger partial charge >= 0.3 is 0 Å². The molecule has 0 radical (unpaired) electrons. The van der Waals surface area contributed by atoms with Crippen molar-refractivity contribution in [3.8, 4) is 0 Å². The van der Waals surface area contributed by atoms with E-state index in [2.05, 4.69) is 17.1 Å². The molecular formula is C15H32N2. The minimum atomic E-state index is 0.908. The summed E-state index contributed by atoms with van der Waals surface area (Å²) in [6, 6.07) is 0.908. The van der Waals surface area contributed by atoms with Gasteiger partial charge in [-0.1, -0.05) is 32.6 Å². The van der Waals surface area contributed by atoms with E-state index in [9.17, 15) is 0 Å². The molecule has 1 atom stereocenters. The molecule has 2 heteroatoms. The van der Waals surface area contributed by atoms with Crippen LogP contribution in [0.2, 0.25) is 0 Å². The number of hydrogen-bond acceptors (Lipinski definition) is 2. The summed E-state index contributed by atoms with van der Waals surface area (Å²) in [6.45, 7) is 6.22. The van der Waals surface area contributed by atoms with Gasteiger partial charge in [0, 0.05) is 6.04 Å². The first-order valence-corrected chi connectivity index (χ1v) is 7.77. The molecule has 1 heterocycles. The Morgan fingerprint density at radius 2 is 1.94 bits per heavy atom. The highest BCUT2D eigenvalue weighted by molar-refractivity contribution is 4.76. The van der Waals surface area contributed by atoms with Crippen LogP contribution >= 0.6 is 0 Å². The van der Waals surface area contributed by atoms with Crippen LogP contribution in [0.25, 0.3) is 0 Å². The minimum absolute atomic E-state index is 0.908. The number of hydrogen-bond donors (Lipinski definition) is 1. The second-order valence-electron chi connectivity index (χ2n) is 5.49. The molecule has 0 aliphatic carbocycles. The first kappa shape index (κ1) is 15.0. The maximum atomic E-state index is 3.22. The number of nitrogens with one attached hydrogen (secondary N) is 1. The predicted molar refractivity (Wildman–Crippen MR) is 76.5 cm³/mol. The zero-order valence-electron chi connectivity index (χ0n) is 12.0.